The van der Waals surface area contributed by atoms with Crippen molar-refractivity contribution in [3.8, 4) is 0 Å². The number of fused-ring (bicyclic) bond motifs is 6. The quantitative estimate of drug-likeness (QED) is 0.552. The molecule has 7 nitrogen and oxygen atoms in total. The Kier molecular flexibility index (Phi) is 5.68. The van der Waals surface area contributed by atoms with Crippen molar-refractivity contribution in [2.24, 2.45) is 11.8 Å². The summed E-state index contributed by atoms with van der Waals surface area (Å²) < 4.78 is 0. The molecule has 4 heterocycles. The van der Waals surface area contributed by atoms with E-state index in [-0.39, 0.29) is 30.8 Å². The van der Waals surface area contributed by atoms with Crippen LogP contribution in [-0.4, -0.2) is 70.3 Å². The molecule has 7 heteroatoms. The van der Waals surface area contributed by atoms with Crippen LogP contribution in [0, 0.1) is 11.8 Å². The Balaban J connectivity index is 1.16. The van der Waals surface area contributed by atoms with Gasteiger partial charge in [-0.1, -0.05) is 48.4 Å². The van der Waals surface area contributed by atoms with Crippen LogP contribution < -0.4 is 5.32 Å². The number of hydrogen-bond donors (Lipinski definition) is 1. The van der Waals surface area contributed by atoms with E-state index in [9.17, 15) is 14.4 Å². The SMILES string of the molecule is O=C1N[C@H](CC(=O)N2CCCC3=C[C@H]4C[C@@H](CN5CCCC[C@H]45)[C@H]32)C(=O)N1Cc1ccccc1. The number of imide groups is 1. The van der Waals surface area contributed by atoms with Crippen molar-refractivity contribution >= 4 is 17.8 Å². The topological polar surface area (TPSA) is 73.0 Å². The molecule has 4 fully saturated rings. The van der Waals surface area contributed by atoms with Crippen molar-refractivity contribution in [2.75, 3.05) is 19.6 Å². The number of carbonyl (C=O) groups is 3. The standard InChI is InChI=1S/C27H34N4O3/c32-24(15-22-26(33)31(27(34)28-22)16-18-7-2-1-3-8-18)30-12-6-9-19-13-20-14-21(25(19)30)17-29-11-5-4-10-23(20)29/h1-3,7-8,13,20-23,25H,4-6,9-12,14-17H2,(H,28,34)/t20-,21-,22+,23+,25-/m0/s1. The van der Waals surface area contributed by atoms with E-state index in [0.717, 1.165) is 31.5 Å². The first-order valence-corrected chi connectivity index (χ1v) is 13.0. The molecule has 2 bridgehead atoms. The summed E-state index contributed by atoms with van der Waals surface area (Å²) >= 11 is 0. The lowest BCUT2D eigenvalue weighted by Gasteiger charge is -2.54. The molecule has 34 heavy (non-hydrogen) atoms. The molecule has 1 N–H and O–H groups in total. The Morgan fingerprint density at radius 1 is 1.06 bits per heavy atom. The maximum Gasteiger partial charge on any atom is 0.325 e. The summed E-state index contributed by atoms with van der Waals surface area (Å²) in [5.41, 5.74) is 2.34. The molecule has 0 saturated carbocycles. The van der Waals surface area contributed by atoms with Crippen LogP contribution in [0.15, 0.2) is 42.0 Å². The van der Waals surface area contributed by atoms with E-state index >= 15 is 0 Å². The number of piperidine rings is 3. The number of amides is 4. The fourth-order valence-corrected chi connectivity index (χ4v) is 7.18. The van der Waals surface area contributed by atoms with Gasteiger partial charge in [-0.25, -0.2) is 4.79 Å². The van der Waals surface area contributed by atoms with Gasteiger partial charge in [-0.2, -0.15) is 0 Å². The number of benzene rings is 1. The van der Waals surface area contributed by atoms with E-state index in [4.69, 9.17) is 0 Å². The predicted octanol–water partition coefficient (Wildman–Crippen LogP) is 2.92. The Bertz CT molecular complexity index is 1010. The summed E-state index contributed by atoms with van der Waals surface area (Å²) in [7, 11) is 0. The highest BCUT2D eigenvalue weighted by Gasteiger charge is 2.48. The van der Waals surface area contributed by atoms with Crippen LogP contribution in [-0.2, 0) is 16.1 Å². The van der Waals surface area contributed by atoms with Crippen LogP contribution in [0.4, 0.5) is 4.79 Å². The molecule has 0 unspecified atom stereocenters. The molecule has 5 aliphatic rings. The average Bonchev–Trinajstić information content (AvgIpc) is 3.11. The minimum atomic E-state index is -0.771. The first-order valence-electron chi connectivity index (χ1n) is 13.0. The van der Waals surface area contributed by atoms with Gasteiger partial charge in [0.1, 0.15) is 6.04 Å². The molecule has 0 aromatic heterocycles. The lowest BCUT2D eigenvalue weighted by atomic mass is 9.68. The van der Waals surface area contributed by atoms with Gasteiger partial charge in [-0.15, -0.1) is 0 Å². The van der Waals surface area contributed by atoms with Crippen LogP contribution in [0.3, 0.4) is 0 Å². The molecular weight excluding hydrogens is 428 g/mol. The second kappa shape index (κ2) is 8.84. The van der Waals surface area contributed by atoms with Crippen molar-refractivity contribution < 1.29 is 14.4 Å². The Hall–Kier alpha value is -2.67. The second-order valence-corrected chi connectivity index (χ2v) is 10.7. The molecule has 0 spiro atoms. The van der Waals surface area contributed by atoms with Crippen LogP contribution in [0.2, 0.25) is 0 Å². The lowest BCUT2D eigenvalue weighted by molar-refractivity contribution is -0.139. The van der Waals surface area contributed by atoms with Crippen LogP contribution in [0.25, 0.3) is 0 Å². The van der Waals surface area contributed by atoms with Crippen LogP contribution >= 0.6 is 0 Å². The molecule has 1 aromatic rings. The zero-order valence-electron chi connectivity index (χ0n) is 19.7. The van der Waals surface area contributed by atoms with E-state index in [1.807, 2.05) is 35.2 Å². The number of urea groups is 1. The first kappa shape index (κ1) is 21.8. The highest BCUT2D eigenvalue weighted by Crippen LogP contribution is 2.45. The van der Waals surface area contributed by atoms with Crippen molar-refractivity contribution in [3.63, 3.8) is 0 Å². The summed E-state index contributed by atoms with van der Waals surface area (Å²) in [4.78, 5) is 45.0. The lowest BCUT2D eigenvalue weighted by Crippen LogP contribution is -2.60. The van der Waals surface area contributed by atoms with Crippen molar-refractivity contribution in [1.29, 1.82) is 0 Å². The van der Waals surface area contributed by atoms with Gasteiger partial charge in [0.25, 0.3) is 5.91 Å². The Morgan fingerprint density at radius 2 is 1.91 bits per heavy atom. The smallest absolute Gasteiger partial charge is 0.325 e. The van der Waals surface area contributed by atoms with Gasteiger partial charge in [-0.05, 0) is 56.0 Å². The summed E-state index contributed by atoms with van der Waals surface area (Å²) in [6.07, 6.45) is 9.70. The van der Waals surface area contributed by atoms with E-state index in [1.54, 1.807) is 0 Å². The van der Waals surface area contributed by atoms with Crippen LogP contribution in [0.5, 0.6) is 0 Å². The van der Waals surface area contributed by atoms with Gasteiger partial charge in [-0.3, -0.25) is 19.4 Å². The fraction of sp³-hybridized carbons (Fsp3) is 0.593. The molecule has 1 aromatic carbocycles. The Labute approximate surface area is 201 Å². The molecule has 1 aliphatic carbocycles. The highest BCUT2D eigenvalue weighted by molar-refractivity contribution is 6.05. The molecule has 5 atom stereocenters. The first-order chi connectivity index (χ1) is 16.6. The van der Waals surface area contributed by atoms with Crippen LogP contribution in [0.1, 0.15) is 50.5 Å². The molecule has 4 amide bonds. The number of nitrogens with zero attached hydrogens (tertiary/aromatic N) is 3. The number of nitrogens with one attached hydrogen (secondary N) is 1. The van der Waals surface area contributed by atoms with Gasteiger partial charge in [0.15, 0.2) is 0 Å². The van der Waals surface area contributed by atoms with Crippen molar-refractivity contribution in [3.05, 3.63) is 47.5 Å². The monoisotopic (exact) mass is 462 g/mol. The number of likely N-dealkylation sites (tertiary alicyclic amines) is 1. The minimum absolute atomic E-state index is 0.00460. The van der Waals surface area contributed by atoms with E-state index in [1.165, 1.54) is 42.7 Å². The largest absolute Gasteiger partial charge is 0.336 e. The van der Waals surface area contributed by atoms with Gasteiger partial charge in [0.2, 0.25) is 5.91 Å². The maximum absolute atomic E-state index is 13.5. The van der Waals surface area contributed by atoms with E-state index in [0.29, 0.717) is 17.9 Å². The molecule has 6 rings (SSSR count). The predicted molar refractivity (Wildman–Crippen MR) is 128 cm³/mol. The number of rotatable bonds is 4. The van der Waals surface area contributed by atoms with Crippen molar-refractivity contribution in [1.82, 2.24) is 20.0 Å². The second-order valence-electron chi connectivity index (χ2n) is 10.7. The zero-order valence-corrected chi connectivity index (χ0v) is 19.7. The van der Waals surface area contributed by atoms with Gasteiger partial charge in [0, 0.05) is 19.1 Å². The zero-order chi connectivity index (χ0) is 23.2. The van der Waals surface area contributed by atoms with E-state index < -0.39 is 12.1 Å². The summed E-state index contributed by atoms with van der Waals surface area (Å²) in [5, 5.41) is 2.76. The molecule has 180 valence electrons. The molecule has 0 radical (unpaired) electrons. The minimum Gasteiger partial charge on any atom is -0.336 e. The third-order valence-electron chi connectivity index (χ3n) is 8.65. The highest BCUT2D eigenvalue weighted by atomic mass is 16.2. The summed E-state index contributed by atoms with van der Waals surface area (Å²) in [5.74, 6) is 0.803. The average molecular weight is 463 g/mol. The third-order valence-corrected chi connectivity index (χ3v) is 8.65. The summed E-state index contributed by atoms with van der Waals surface area (Å²) in [6.45, 7) is 3.24. The Morgan fingerprint density at radius 3 is 2.76 bits per heavy atom. The van der Waals surface area contributed by atoms with Gasteiger partial charge in [0.05, 0.1) is 19.0 Å². The van der Waals surface area contributed by atoms with Crippen molar-refractivity contribution in [2.45, 2.75) is 69.6 Å². The van der Waals surface area contributed by atoms with Gasteiger partial charge < -0.3 is 10.2 Å². The molecular formula is C27H34N4O3. The molecule has 4 saturated heterocycles. The van der Waals surface area contributed by atoms with Gasteiger partial charge >= 0.3 is 6.03 Å². The number of hydrogen-bond acceptors (Lipinski definition) is 4. The third kappa shape index (κ3) is 3.84. The number of carbonyl (C=O) groups excluding carboxylic acids is 3. The summed E-state index contributed by atoms with van der Waals surface area (Å²) in [6, 6.07) is 9.15. The maximum atomic E-state index is 13.5. The normalized spacial score (nSPS) is 33.2. The fourth-order valence-electron chi connectivity index (χ4n) is 7.18. The van der Waals surface area contributed by atoms with E-state index in [2.05, 4.69) is 16.3 Å². The molecule has 4 aliphatic heterocycles.